The second kappa shape index (κ2) is 8.13. The Hall–Kier alpha value is -2.69. The van der Waals surface area contributed by atoms with Crippen molar-refractivity contribution in [2.75, 3.05) is 19.5 Å². The van der Waals surface area contributed by atoms with E-state index in [1.54, 1.807) is 26.4 Å². The molecule has 5 nitrogen and oxygen atoms in total. The number of aryl methyl sites for hydroxylation is 1. The number of carbonyl (C=O) groups excluding carboxylic acids is 1. The van der Waals surface area contributed by atoms with Crippen molar-refractivity contribution in [2.45, 2.75) is 38.7 Å². The third-order valence-electron chi connectivity index (χ3n) is 4.69. The Morgan fingerprint density at radius 1 is 0.962 bits per heavy atom. The van der Waals surface area contributed by atoms with E-state index < -0.39 is 0 Å². The van der Waals surface area contributed by atoms with Gasteiger partial charge in [0.2, 0.25) is 0 Å². The minimum Gasteiger partial charge on any atom is -0.496 e. The lowest BCUT2D eigenvalue weighted by Gasteiger charge is -2.17. The van der Waals surface area contributed by atoms with Gasteiger partial charge in [0.05, 0.1) is 20.3 Å². The van der Waals surface area contributed by atoms with E-state index in [2.05, 4.69) is 5.32 Å². The number of hydrogen-bond acceptors (Lipinski definition) is 4. The van der Waals surface area contributed by atoms with E-state index in [4.69, 9.17) is 14.2 Å². The highest BCUT2D eigenvalue weighted by molar-refractivity contribution is 6.04. The summed E-state index contributed by atoms with van der Waals surface area (Å²) in [6.07, 6.45) is 4.72. The SMILES string of the molecule is COc1cc(C(=O)Nc2ccc(OC)c(OC3CCCC3)c2)ccc1C. The van der Waals surface area contributed by atoms with Crippen molar-refractivity contribution in [3.63, 3.8) is 0 Å². The first-order chi connectivity index (χ1) is 12.6. The molecule has 0 aliphatic heterocycles. The maximum Gasteiger partial charge on any atom is 0.255 e. The van der Waals surface area contributed by atoms with Crippen molar-refractivity contribution in [1.29, 1.82) is 0 Å². The van der Waals surface area contributed by atoms with Crippen LogP contribution in [0, 0.1) is 6.92 Å². The standard InChI is InChI=1S/C21H25NO4/c1-14-8-9-15(12-19(14)25-3)21(23)22-16-10-11-18(24-2)20(13-16)26-17-6-4-5-7-17/h8-13,17H,4-7H2,1-3H3,(H,22,23). The molecule has 1 amide bonds. The Kier molecular flexibility index (Phi) is 5.66. The number of rotatable bonds is 6. The molecule has 1 N–H and O–H groups in total. The first-order valence-electron chi connectivity index (χ1n) is 8.91. The summed E-state index contributed by atoms with van der Waals surface area (Å²) in [5, 5.41) is 2.92. The highest BCUT2D eigenvalue weighted by Crippen LogP contribution is 2.34. The Balaban J connectivity index is 1.77. The van der Waals surface area contributed by atoms with E-state index in [1.165, 1.54) is 12.8 Å². The van der Waals surface area contributed by atoms with Crippen LogP contribution in [0.3, 0.4) is 0 Å². The molecule has 1 aliphatic carbocycles. The van der Waals surface area contributed by atoms with Gasteiger partial charge in [-0.1, -0.05) is 6.07 Å². The molecule has 2 aromatic carbocycles. The molecule has 0 atom stereocenters. The molecule has 0 heterocycles. The Morgan fingerprint density at radius 3 is 2.38 bits per heavy atom. The van der Waals surface area contributed by atoms with Gasteiger partial charge in [0, 0.05) is 17.3 Å². The molecular weight excluding hydrogens is 330 g/mol. The van der Waals surface area contributed by atoms with Crippen LogP contribution in [0.1, 0.15) is 41.6 Å². The fourth-order valence-corrected chi connectivity index (χ4v) is 3.20. The van der Waals surface area contributed by atoms with Crippen LogP contribution in [-0.4, -0.2) is 26.2 Å². The number of hydrogen-bond donors (Lipinski definition) is 1. The molecule has 2 aromatic rings. The van der Waals surface area contributed by atoms with Gasteiger partial charge in [0.25, 0.3) is 5.91 Å². The molecule has 26 heavy (non-hydrogen) atoms. The number of amides is 1. The maximum absolute atomic E-state index is 12.6. The summed E-state index contributed by atoms with van der Waals surface area (Å²) in [4.78, 5) is 12.6. The van der Waals surface area contributed by atoms with Gasteiger partial charge in [-0.05, 0) is 62.4 Å². The van der Waals surface area contributed by atoms with E-state index in [0.29, 0.717) is 28.5 Å². The normalized spacial score (nSPS) is 14.1. The maximum atomic E-state index is 12.6. The Bertz CT molecular complexity index is 782. The molecule has 1 saturated carbocycles. The number of nitrogens with one attached hydrogen (secondary N) is 1. The number of anilines is 1. The molecule has 0 aromatic heterocycles. The van der Waals surface area contributed by atoms with Crippen molar-refractivity contribution in [3.8, 4) is 17.2 Å². The second-order valence-electron chi connectivity index (χ2n) is 6.53. The zero-order valence-corrected chi connectivity index (χ0v) is 15.5. The average Bonchev–Trinajstić information content (AvgIpc) is 3.15. The Labute approximate surface area is 154 Å². The van der Waals surface area contributed by atoms with E-state index in [1.807, 2.05) is 31.2 Å². The molecule has 138 valence electrons. The zero-order chi connectivity index (χ0) is 18.5. The first kappa shape index (κ1) is 18.1. The summed E-state index contributed by atoms with van der Waals surface area (Å²) in [5.41, 5.74) is 2.20. The molecule has 1 fully saturated rings. The predicted octanol–water partition coefficient (Wildman–Crippen LogP) is 4.59. The molecule has 5 heteroatoms. The summed E-state index contributed by atoms with van der Waals surface area (Å²) in [6.45, 7) is 1.94. The van der Waals surface area contributed by atoms with Crippen molar-refractivity contribution < 1.29 is 19.0 Å². The average molecular weight is 355 g/mol. The summed E-state index contributed by atoms with van der Waals surface area (Å²) < 4.78 is 16.8. The van der Waals surface area contributed by atoms with Crippen LogP contribution < -0.4 is 19.5 Å². The van der Waals surface area contributed by atoms with Gasteiger partial charge in [-0.2, -0.15) is 0 Å². The molecule has 3 rings (SSSR count). The van der Waals surface area contributed by atoms with Gasteiger partial charge < -0.3 is 19.5 Å². The zero-order valence-electron chi connectivity index (χ0n) is 15.5. The molecule has 1 aliphatic rings. The summed E-state index contributed by atoms with van der Waals surface area (Å²) >= 11 is 0. The molecule has 0 bridgehead atoms. The van der Waals surface area contributed by atoms with E-state index >= 15 is 0 Å². The van der Waals surface area contributed by atoms with Crippen LogP contribution >= 0.6 is 0 Å². The lowest BCUT2D eigenvalue weighted by atomic mass is 10.1. The minimum atomic E-state index is -0.194. The Morgan fingerprint density at radius 2 is 1.69 bits per heavy atom. The van der Waals surface area contributed by atoms with Gasteiger partial charge in [0.15, 0.2) is 11.5 Å². The van der Waals surface area contributed by atoms with Gasteiger partial charge in [-0.15, -0.1) is 0 Å². The lowest BCUT2D eigenvalue weighted by molar-refractivity contribution is 0.102. The highest BCUT2D eigenvalue weighted by Gasteiger charge is 2.19. The third-order valence-corrected chi connectivity index (χ3v) is 4.69. The van der Waals surface area contributed by atoms with Crippen molar-refractivity contribution in [3.05, 3.63) is 47.5 Å². The molecule has 0 unspecified atom stereocenters. The topological polar surface area (TPSA) is 56.8 Å². The van der Waals surface area contributed by atoms with Crippen LogP contribution in [0.15, 0.2) is 36.4 Å². The van der Waals surface area contributed by atoms with Gasteiger partial charge in [-0.3, -0.25) is 4.79 Å². The fourth-order valence-electron chi connectivity index (χ4n) is 3.20. The van der Waals surface area contributed by atoms with Crippen molar-refractivity contribution in [1.82, 2.24) is 0 Å². The molecular formula is C21H25NO4. The van der Waals surface area contributed by atoms with E-state index in [9.17, 15) is 4.79 Å². The third kappa shape index (κ3) is 4.10. The smallest absolute Gasteiger partial charge is 0.255 e. The van der Waals surface area contributed by atoms with Gasteiger partial charge in [0.1, 0.15) is 5.75 Å². The monoisotopic (exact) mass is 355 g/mol. The van der Waals surface area contributed by atoms with Crippen LogP contribution in [0.2, 0.25) is 0 Å². The first-order valence-corrected chi connectivity index (χ1v) is 8.91. The number of methoxy groups -OCH3 is 2. The van der Waals surface area contributed by atoms with Crippen molar-refractivity contribution >= 4 is 11.6 Å². The van der Waals surface area contributed by atoms with Crippen LogP contribution in [0.25, 0.3) is 0 Å². The fraction of sp³-hybridized carbons (Fsp3) is 0.381. The molecule has 0 saturated heterocycles. The van der Waals surface area contributed by atoms with Crippen LogP contribution in [-0.2, 0) is 0 Å². The second-order valence-corrected chi connectivity index (χ2v) is 6.53. The van der Waals surface area contributed by atoms with Gasteiger partial charge >= 0.3 is 0 Å². The number of benzene rings is 2. The van der Waals surface area contributed by atoms with Crippen LogP contribution in [0.5, 0.6) is 17.2 Å². The van der Waals surface area contributed by atoms with Crippen LogP contribution in [0.4, 0.5) is 5.69 Å². The van der Waals surface area contributed by atoms with E-state index in [0.717, 1.165) is 18.4 Å². The predicted molar refractivity (Wildman–Crippen MR) is 102 cm³/mol. The number of ether oxygens (including phenoxy) is 3. The summed E-state index contributed by atoms with van der Waals surface area (Å²) in [6, 6.07) is 10.8. The largest absolute Gasteiger partial charge is 0.496 e. The lowest BCUT2D eigenvalue weighted by Crippen LogP contribution is -2.14. The molecule has 0 radical (unpaired) electrons. The van der Waals surface area contributed by atoms with Crippen molar-refractivity contribution in [2.24, 2.45) is 0 Å². The summed E-state index contributed by atoms with van der Waals surface area (Å²) in [5.74, 6) is 1.84. The van der Waals surface area contributed by atoms with E-state index in [-0.39, 0.29) is 12.0 Å². The number of carbonyl (C=O) groups is 1. The van der Waals surface area contributed by atoms with Gasteiger partial charge in [-0.25, -0.2) is 0 Å². The minimum absolute atomic E-state index is 0.194. The molecule has 0 spiro atoms. The quantitative estimate of drug-likeness (QED) is 0.824. The summed E-state index contributed by atoms with van der Waals surface area (Å²) in [7, 11) is 3.22. The highest BCUT2D eigenvalue weighted by atomic mass is 16.5.